The molecule has 26 heavy (non-hydrogen) atoms. The number of carbonyl (C=O) groups excluding carboxylic acids is 1. The first-order valence-corrected chi connectivity index (χ1v) is 7.88. The molecule has 0 radical (unpaired) electrons. The van der Waals surface area contributed by atoms with E-state index in [9.17, 15) is 19.7 Å². The fourth-order valence-corrected chi connectivity index (χ4v) is 2.55. The van der Waals surface area contributed by atoms with E-state index in [1.807, 2.05) is 0 Å². The van der Waals surface area contributed by atoms with Gasteiger partial charge < -0.3 is 9.72 Å². The monoisotopic (exact) mass is 373 g/mol. The van der Waals surface area contributed by atoms with Gasteiger partial charge in [0.2, 0.25) is 0 Å². The number of ether oxygens (including phenoxy) is 1. The highest BCUT2D eigenvalue weighted by molar-refractivity contribution is 6.33. The number of para-hydroxylation sites is 1. The van der Waals surface area contributed by atoms with Crippen molar-refractivity contribution < 1.29 is 14.5 Å². The van der Waals surface area contributed by atoms with Gasteiger partial charge in [0.05, 0.1) is 26.4 Å². The molecule has 0 aliphatic carbocycles. The minimum Gasteiger partial charge on any atom is -0.451 e. The van der Waals surface area contributed by atoms with Crippen LogP contribution in [0.4, 0.5) is 5.69 Å². The second-order valence-electron chi connectivity index (χ2n) is 5.44. The summed E-state index contributed by atoms with van der Waals surface area (Å²) >= 11 is 5.93. The third kappa shape index (κ3) is 3.40. The van der Waals surface area contributed by atoms with Crippen molar-refractivity contribution in [3.05, 3.63) is 79.3 Å². The van der Waals surface area contributed by atoms with Crippen LogP contribution in [0.15, 0.2) is 47.3 Å². The zero-order valence-electron chi connectivity index (χ0n) is 13.4. The molecule has 1 heterocycles. The Morgan fingerprint density at radius 3 is 2.77 bits per heavy atom. The van der Waals surface area contributed by atoms with E-state index in [-0.39, 0.29) is 27.7 Å². The number of nitrogens with zero attached hydrogens (tertiary/aromatic N) is 2. The van der Waals surface area contributed by atoms with Gasteiger partial charge in [0.25, 0.3) is 11.2 Å². The van der Waals surface area contributed by atoms with E-state index in [4.69, 9.17) is 16.3 Å². The van der Waals surface area contributed by atoms with Crippen molar-refractivity contribution in [2.24, 2.45) is 0 Å². The molecule has 0 fully saturated rings. The number of rotatable bonds is 4. The molecule has 1 atom stereocenters. The van der Waals surface area contributed by atoms with Crippen molar-refractivity contribution in [1.82, 2.24) is 9.97 Å². The van der Waals surface area contributed by atoms with Gasteiger partial charge in [-0.25, -0.2) is 9.78 Å². The molecule has 0 amide bonds. The molecular weight excluding hydrogens is 362 g/mol. The third-order valence-corrected chi connectivity index (χ3v) is 4.01. The lowest BCUT2D eigenvalue weighted by Crippen LogP contribution is -2.17. The SMILES string of the molecule is C[C@H](OC(=O)c1cc([N+](=O)[O-])ccc1Cl)c1nc2ccccc2c(=O)[nH]1. The van der Waals surface area contributed by atoms with Gasteiger partial charge in [0.1, 0.15) is 0 Å². The number of H-pyrrole nitrogens is 1. The highest BCUT2D eigenvalue weighted by atomic mass is 35.5. The average Bonchev–Trinajstić information content (AvgIpc) is 2.61. The van der Waals surface area contributed by atoms with Gasteiger partial charge in [-0.05, 0) is 25.1 Å². The molecule has 3 rings (SSSR count). The Kier molecular flexibility index (Phi) is 4.68. The van der Waals surface area contributed by atoms with Crippen molar-refractivity contribution in [3.8, 4) is 0 Å². The number of halogens is 1. The molecule has 0 unspecified atom stereocenters. The van der Waals surface area contributed by atoms with Gasteiger partial charge in [0.15, 0.2) is 11.9 Å². The molecule has 0 saturated heterocycles. The average molecular weight is 374 g/mol. The van der Waals surface area contributed by atoms with Gasteiger partial charge in [-0.3, -0.25) is 14.9 Å². The largest absolute Gasteiger partial charge is 0.451 e. The summed E-state index contributed by atoms with van der Waals surface area (Å²) in [5.74, 6) is -0.703. The number of nitro groups is 1. The van der Waals surface area contributed by atoms with Crippen LogP contribution < -0.4 is 5.56 Å². The topological polar surface area (TPSA) is 115 Å². The molecule has 1 N–H and O–H groups in total. The normalized spacial score (nSPS) is 11.9. The van der Waals surface area contributed by atoms with Crippen molar-refractivity contribution in [3.63, 3.8) is 0 Å². The molecule has 0 saturated carbocycles. The summed E-state index contributed by atoms with van der Waals surface area (Å²) in [5, 5.41) is 11.3. The Morgan fingerprint density at radius 1 is 1.31 bits per heavy atom. The molecule has 0 bridgehead atoms. The van der Waals surface area contributed by atoms with Crippen molar-refractivity contribution in [1.29, 1.82) is 0 Å². The maximum absolute atomic E-state index is 12.3. The highest BCUT2D eigenvalue weighted by Gasteiger charge is 2.21. The van der Waals surface area contributed by atoms with E-state index in [0.717, 1.165) is 6.07 Å². The number of carbonyl (C=O) groups is 1. The van der Waals surface area contributed by atoms with Gasteiger partial charge >= 0.3 is 5.97 Å². The number of aromatic nitrogens is 2. The van der Waals surface area contributed by atoms with Gasteiger partial charge in [-0.2, -0.15) is 0 Å². The van der Waals surface area contributed by atoms with Crippen molar-refractivity contribution in [2.75, 3.05) is 0 Å². The summed E-state index contributed by atoms with van der Waals surface area (Å²) in [7, 11) is 0. The van der Waals surface area contributed by atoms with Crippen LogP contribution in [-0.2, 0) is 4.74 Å². The summed E-state index contributed by atoms with van der Waals surface area (Å²) in [5.41, 5.74) is -0.327. The number of fused-ring (bicyclic) bond motifs is 1. The van der Waals surface area contributed by atoms with Crippen LogP contribution in [0.25, 0.3) is 10.9 Å². The molecule has 3 aromatic rings. The van der Waals surface area contributed by atoms with Crippen LogP contribution in [0.1, 0.15) is 29.2 Å². The van der Waals surface area contributed by atoms with Crippen molar-refractivity contribution >= 4 is 34.2 Å². The van der Waals surface area contributed by atoms with E-state index < -0.39 is 17.0 Å². The maximum Gasteiger partial charge on any atom is 0.340 e. The first-order valence-electron chi connectivity index (χ1n) is 7.50. The number of hydrogen-bond acceptors (Lipinski definition) is 6. The molecule has 0 aliphatic heterocycles. The number of nitrogens with one attached hydrogen (secondary N) is 1. The summed E-state index contributed by atoms with van der Waals surface area (Å²) in [6, 6.07) is 10.2. The van der Waals surface area contributed by atoms with Gasteiger partial charge in [-0.15, -0.1) is 0 Å². The highest BCUT2D eigenvalue weighted by Crippen LogP contribution is 2.25. The molecular formula is C17H12ClN3O5. The van der Waals surface area contributed by atoms with E-state index in [1.54, 1.807) is 24.3 Å². The first kappa shape index (κ1) is 17.6. The minimum atomic E-state index is -0.893. The Morgan fingerprint density at radius 2 is 2.04 bits per heavy atom. The quantitative estimate of drug-likeness (QED) is 0.425. The lowest BCUT2D eigenvalue weighted by Gasteiger charge is -2.13. The zero-order chi connectivity index (χ0) is 18.8. The van der Waals surface area contributed by atoms with Crippen LogP contribution in [0.5, 0.6) is 0 Å². The molecule has 8 nitrogen and oxygen atoms in total. The molecule has 0 spiro atoms. The van der Waals surface area contributed by atoms with E-state index >= 15 is 0 Å². The van der Waals surface area contributed by atoms with Crippen LogP contribution in [-0.4, -0.2) is 20.9 Å². The number of aromatic amines is 1. The molecule has 0 aliphatic rings. The second-order valence-corrected chi connectivity index (χ2v) is 5.84. The smallest absolute Gasteiger partial charge is 0.340 e. The Bertz CT molecular complexity index is 1080. The molecule has 9 heteroatoms. The van der Waals surface area contributed by atoms with Crippen LogP contribution in [0, 0.1) is 10.1 Å². The summed E-state index contributed by atoms with van der Waals surface area (Å²) in [6.45, 7) is 1.52. The standard InChI is InChI=1S/C17H12ClN3O5/c1-9(15-19-14-5-3-2-4-11(14)16(22)20-15)26-17(23)12-8-10(21(24)25)6-7-13(12)18/h2-9H,1H3,(H,19,20,22)/t9-/m0/s1. The predicted molar refractivity (Wildman–Crippen MR) is 94.3 cm³/mol. The third-order valence-electron chi connectivity index (χ3n) is 3.68. The Labute approximate surface area is 151 Å². The summed E-state index contributed by atoms with van der Waals surface area (Å²) in [4.78, 5) is 41.5. The Hall–Kier alpha value is -3.26. The van der Waals surface area contributed by atoms with Gasteiger partial charge in [-0.1, -0.05) is 23.7 Å². The maximum atomic E-state index is 12.3. The van der Waals surface area contributed by atoms with Crippen molar-refractivity contribution in [2.45, 2.75) is 13.0 Å². The lowest BCUT2D eigenvalue weighted by atomic mass is 10.2. The molecule has 1 aromatic heterocycles. The van der Waals surface area contributed by atoms with E-state index in [2.05, 4.69) is 9.97 Å². The molecule has 132 valence electrons. The van der Waals surface area contributed by atoms with Crippen LogP contribution >= 0.6 is 11.6 Å². The second kappa shape index (κ2) is 6.93. The fourth-order valence-electron chi connectivity index (χ4n) is 2.36. The number of nitro benzene ring substituents is 1. The minimum absolute atomic E-state index is 0.0211. The molecule has 2 aromatic carbocycles. The number of non-ortho nitro benzene ring substituents is 1. The predicted octanol–water partition coefficient (Wildman–Crippen LogP) is 3.40. The van der Waals surface area contributed by atoms with E-state index in [0.29, 0.717) is 10.9 Å². The number of hydrogen-bond donors (Lipinski definition) is 1. The first-order chi connectivity index (χ1) is 12.4. The lowest BCUT2D eigenvalue weighted by molar-refractivity contribution is -0.384. The van der Waals surface area contributed by atoms with Crippen LogP contribution in [0.3, 0.4) is 0 Å². The van der Waals surface area contributed by atoms with Crippen LogP contribution in [0.2, 0.25) is 5.02 Å². The fraction of sp³-hybridized carbons (Fsp3) is 0.118. The number of esters is 1. The van der Waals surface area contributed by atoms with E-state index in [1.165, 1.54) is 19.1 Å². The van der Waals surface area contributed by atoms with Gasteiger partial charge in [0, 0.05) is 12.1 Å². The summed E-state index contributed by atoms with van der Waals surface area (Å²) in [6.07, 6.45) is -0.893. The summed E-state index contributed by atoms with van der Waals surface area (Å²) < 4.78 is 5.26. The Balaban J connectivity index is 1.89. The zero-order valence-corrected chi connectivity index (χ0v) is 14.2. The number of benzene rings is 2.